The van der Waals surface area contributed by atoms with E-state index in [2.05, 4.69) is 134 Å². The molecule has 2 heteroatoms. The molecular weight excluding hydrogens is 438 g/mol. The summed E-state index contributed by atoms with van der Waals surface area (Å²) in [5.74, 6) is 0.871. The average Bonchev–Trinajstić information content (AvgIpc) is 2.94. The molecule has 0 heterocycles. The third-order valence-electron chi connectivity index (χ3n) is 6.92. The monoisotopic (exact) mass is 469 g/mol. The zero-order valence-electron chi connectivity index (χ0n) is 21.0. The van der Waals surface area contributed by atoms with Crippen molar-refractivity contribution in [1.29, 1.82) is 0 Å². The van der Waals surface area contributed by atoms with Crippen molar-refractivity contribution in [2.24, 2.45) is 0 Å². The molecule has 0 aromatic heterocycles. The van der Waals surface area contributed by atoms with Gasteiger partial charge in [0.15, 0.2) is 0 Å². The Balaban J connectivity index is 1.26. The molecule has 0 radical (unpaired) electrons. The molecule has 0 bridgehead atoms. The molecule has 0 saturated carbocycles. The summed E-state index contributed by atoms with van der Waals surface area (Å²) in [6.07, 6.45) is 0. The van der Waals surface area contributed by atoms with Crippen LogP contribution in [0.15, 0.2) is 127 Å². The van der Waals surface area contributed by atoms with E-state index in [0.29, 0.717) is 0 Å². The van der Waals surface area contributed by atoms with Crippen LogP contribution in [0.4, 0.5) is 11.4 Å². The minimum atomic E-state index is -0.0373. The van der Waals surface area contributed by atoms with Crippen LogP contribution in [-0.4, -0.2) is 7.11 Å². The topological polar surface area (TPSA) is 21.3 Å². The Morgan fingerprint density at radius 3 is 1.33 bits per heavy atom. The van der Waals surface area contributed by atoms with Crippen molar-refractivity contribution < 1.29 is 4.74 Å². The molecule has 0 saturated heterocycles. The maximum Gasteiger partial charge on any atom is 0.118 e. The standard InChI is InChI=1S/C34H31NO/c1-34(2,29-7-5-4-6-8-29)30-17-21-32(22-18-30)35-31-19-13-27(14-20-31)25-9-11-26(12-10-25)28-15-23-33(36-3)24-16-28/h4-24,35H,1-3H3. The average molecular weight is 470 g/mol. The molecule has 0 fully saturated rings. The molecule has 0 aliphatic heterocycles. The molecule has 0 atom stereocenters. The second-order valence-corrected chi connectivity index (χ2v) is 9.58. The lowest BCUT2D eigenvalue weighted by Gasteiger charge is -2.26. The number of methoxy groups -OCH3 is 1. The summed E-state index contributed by atoms with van der Waals surface area (Å²) in [5, 5.41) is 3.53. The van der Waals surface area contributed by atoms with Gasteiger partial charge in [-0.3, -0.25) is 0 Å². The van der Waals surface area contributed by atoms with Crippen LogP contribution in [-0.2, 0) is 5.41 Å². The van der Waals surface area contributed by atoms with Gasteiger partial charge >= 0.3 is 0 Å². The number of hydrogen-bond acceptors (Lipinski definition) is 2. The van der Waals surface area contributed by atoms with Crippen molar-refractivity contribution in [3.63, 3.8) is 0 Å². The van der Waals surface area contributed by atoms with Crippen molar-refractivity contribution in [1.82, 2.24) is 0 Å². The summed E-state index contributed by atoms with van der Waals surface area (Å²) in [5.41, 5.74) is 9.50. The van der Waals surface area contributed by atoms with Gasteiger partial charge < -0.3 is 10.1 Å². The first-order valence-electron chi connectivity index (χ1n) is 12.3. The fraction of sp³-hybridized carbons (Fsp3) is 0.118. The molecule has 2 nitrogen and oxygen atoms in total. The predicted molar refractivity (Wildman–Crippen MR) is 152 cm³/mol. The predicted octanol–water partition coefficient (Wildman–Crippen LogP) is 9.10. The molecule has 36 heavy (non-hydrogen) atoms. The molecule has 5 rings (SSSR count). The Labute approximate surface area is 214 Å². The maximum absolute atomic E-state index is 5.26. The highest BCUT2D eigenvalue weighted by molar-refractivity contribution is 5.72. The van der Waals surface area contributed by atoms with E-state index >= 15 is 0 Å². The quantitative estimate of drug-likeness (QED) is 0.257. The van der Waals surface area contributed by atoms with Gasteiger partial charge in [-0.25, -0.2) is 0 Å². The van der Waals surface area contributed by atoms with E-state index < -0.39 is 0 Å². The number of nitrogens with one attached hydrogen (secondary N) is 1. The molecule has 1 N–H and O–H groups in total. The summed E-state index contributed by atoms with van der Waals surface area (Å²) in [6, 6.07) is 44.9. The first kappa shape index (κ1) is 23.4. The summed E-state index contributed by atoms with van der Waals surface area (Å²) in [6.45, 7) is 4.54. The van der Waals surface area contributed by atoms with E-state index in [1.54, 1.807) is 7.11 Å². The van der Waals surface area contributed by atoms with Crippen molar-refractivity contribution in [3.8, 4) is 28.0 Å². The van der Waals surface area contributed by atoms with E-state index in [4.69, 9.17) is 4.74 Å². The van der Waals surface area contributed by atoms with Crippen molar-refractivity contribution in [3.05, 3.63) is 139 Å². The first-order chi connectivity index (χ1) is 17.5. The van der Waals surface area contributed by atoms with Crippen molar-refractivity contribution >= 4 is 11.4 Å². The fourth-order valence-corrected chi connectivity index (χ4v) is 4.54. The van der Waals surface area contributed by atoms with Gasteiger partial charge in [-0.1, -0.05) is 105 Å². The molecule has 0 aliphatic rings. The van der Waals surface area contributed by atoms with Crippen LogP contribution in [0.25, 0.3) is 22.3 Å². The van der Waals surface area contributed by atoms with Crippen LogP contribution < -0.4 is 10.1 Å². The third kappa shape index (κ3) is 5.04. The molecule has 5 aromatic rings. The fourth-order valence-electron chi connectivity index (χ4n) is 4.54. The second kappa shape index (κ2) is 10.1. The molecule has 0 unspecified atom stereocenters. The highest BCUT2D eigenvalue weighted by Gasteiger charge is 2.22. The summed E-state index contributed by atoms with van der Waals surface area (Å²) >= 11 is 0. The number of rotatable bonds is 7. The van der Waals surface area contributed by atoms with Gasteiger partial charge in [0, 0.05) is 16.8 Å². The normalized spacial score (nSPS) is 11.2. The smallest absolute Gasteiger partial charge is 0.118 e. The Kier molecular flexibility index (Phi) is 6.60. The molecule has 5 aromatic carbocycles. The van der Waals surface area contributed by atoms with E-state index in [-0.39, 0.29) is 5.41 Å². The molecule has 178 valence electrons. The van der Waals surface area contributed by atoms with E-state index in [1.807, 2.05) is 12.1 Å². The first-order valence-corrected chi connectivity index (χ1v) is 12.3. The minimum Gasteiger partial charge on any atom is -0.497 e. The van der Waals surface area contributed by atoms with Gasteiger partial charge in [-0.15, -0.1) is 0 Å². The van der Waals surface area contributed by atoms with Crippen LogP contribution >= 0.6 is 0 Å². The SMILES string of the molecule is COc1ccc(-c2ccc(-c3ccc(Nc4ccc(C(C)(C)c5ccccc5)cc4)cc3)cc2)cc1. The lowest BCUT2D eigenvalue weighted by Crippen LogP contribution is -2.18. The summed E-state index contributed by atoms with van der Waals surface area (Å²) in [4.78, 5) is 0. The Morgan fingerprint density at radius 2 is 0.861 bits per heavy atom. The third-order valence-corrected chi connectivity index (χ3v) is 6.92. The van der Waals surface area contributed by atoms with Gasteiger partial charge in [0.05, 0.1) is 7.11 Å². The Hall–Kier alpha value is -4.30. The lowest BCUT2D eigenvalue weighted by atomic mass is 9.78. The van der Waals surface area contributed by atoms with Gasteiger partial charge in [-0.2, -0.15) is 0 Å². The van der Waals surface area contributed by atoms with Crippen LogP contribution in [0.5, 0.6) is 5.75 Å². The maximum atomic E-state index is 5.26. The zero-order chi connectivity index (χ0) is 25.0. The van der Waals surface area contributed by atoms with E-state index in [1.165, 1.54) is 33.4 Å². The summed E-state index contributed by atoms with van der Waals surface area (Å²) < 4.78 is 5.26. The number of ether oxygens (including phenoxy) is 1. The highest BCUT2D eigenvalue weighted by Crippen LogP contribution is 2.33. The molecule has 0 spiro atoms. The second-order valence-electron chi connectivity index (χ2n) is 9.58. The van der Waals surface area contributed by atoms with Crippen LogP contribution in [0.3, 0.4) is 0 Å². The van der Waals surface area contributed by atoms with Gasteiger partial charge in [0.1, 0.15) is 5.75 Å². The zero-order valence-corrected chi connectivity index (χ0v) is 21.0. The number of hydrogen-bond donors (Lipinski definition) is 1. The summed E-state index contributed by atoms with van der Waals surface area (Å²) in [7, 11) is 1.69. The van der Waals surface area contributed by atoms with E-state index in [0.717, 1.165) is 17.1 Å². The Bertz CT molecular complexity index is 1400. The van der Waals surface area contributed by atoms with Crippen LogP contribution in [0.1, 0.15) is 25.0 Å². The van der Waals surface area contributed by atoms with Crippen molar-refractivity contribution in [2.75, 3.05) is 12.4 Å². The Morgan fingerprint density at radius 1 is 0.472 bits per heavy atom. The van der Waals surface area contributed by atoms with Crippen molar-refractivity contribution in [2.45, 2.75) is 19.3 Å². The minimum absolute atomic E-state index is 0.0373. The van der Waals surface area contributed by atoms with Crippen LogP contribution in [0, 0.1) is 0 Å². The van der Waals surface area contributed by atoms with Gasteiger partial charge in [0.2, 0.25) is 0 Å². The van der Waals surface area contributed by atoms with Gasteiger partial charge in [0.25, 0.3) is 0 Å². The molecular formula is C34H31NO. The largest absolute Gasteiger partial charge is 0.497 e. The van der Waals surface area contributed by atoms with E-state index in [9.17, 15) is 0 Å². The number of benzene rings is 5. The number of anilines is 2. The highest BCUT2D eigenvalue weighted by atomic mass is 16.5. The van der Waals surface area contributed by atoms with Crippen LogP contribution in [0.2, 0.25) is 0 Å². The lowest BCUT2D eigenvalue weighted by molar-refractivity contribution is 0.415. The van der Waals surface area contributed by atoms with Gasteiger partial charge in [-0.05, 0) is 69.8 Å². The molecule has 0 amide bonds. The molecule has 0 aliphatic carbocycles.